The third kappa shape index (κ3) is 10.3. The molecule has 0 bridgehead atoms. The summed E-state index contributed by atoms with van der Waals surface area (Å²) < 4.78 is 0. The lowest BCUT2D eigenvalue weighted by molar-refractivity contribution is -0.157. The molecule has 0 saturated carbocycles. The van der Waals surface area contributed by atoms with Gasteiger partial charge in [-0.1, -0.05) is 117 Å². The van der Waals surface area contributed by atoms with E-state index >= 15 is 0 Å². The number of rotatable bonds is 20. The van der Waals surface area contributed by atoms with Gasteiger partial charge in [0.25, 0.3) is 0 Å². The van der Waals surface area contributed by atoms with Crippen molar-refractivity contribution in [3.05, 3.63) is 0 Å². The molecule has 0 saturated heterocycles. The molecular weight excluding hydrogens is 344 g/mol. The van der Waals surface area contributed by atoms with Crippen LogP contribution < -0.4 is 0 Å². The number of carbonyl (C=O) groups is 1. The number of carboxylic acid groups (broad SMARTS) is 1. The molecule has 0 amide bonds. The summed E-state index contributed by atoms with van der Waals surface area (Å²) in [5, 5.41) is 10.1. The predicted octanol–water partition coefficient (Wildman–Crippen LogP) is 9.17. The molecule has 28 heavy (non-hydrogen) atoms. The molecule has 0 spiro atoms. The summed E-state index contributed by atoms with van der Waals surface area (Å²) >= 11 is 0. The summed E-state index contributed by atoms with van der Waals surface area (Å²) in [6.45, 7) is 10.8. The molecule has 168 valence electrons. The van der Waals surface area contributed by atoms with E-state index in [-0.39, 0.29) is 5.41 Å². The lowest BCUT2D eigenvalue weighted by atomic mass is 9.58. The van der Waals surface area contributed by atoms with Crippen LogP contribution in [0, 0.1) is 10.8 Å². The highest BCUT2D eigenvalue weighted by molar-refractivity contribution is 5.74. The van der Waals surface area contributed by atoms with Crippen LogP contribution in [0.3, 0.4) is 0 Å². The molecule has 0 aromatic carbocycles. The largest absolute Gasteiger partial charge is 0.481 e. The maximum absolute atomic E-state index is 12.2. The first-order valence-electron chi connectivity index (χ1n) is 12.6. The van der Waals surface area contributed by atoms with Crippen molar-refractivity contribution in [1.82, 2.24) is 0 Å². The Kier molecular flexibility index (Phi) is 16.0. The minimum atomic E-state index is -0.631. The average molecular weight is 397 g/mol. The molecule has 0 aromatic rings. The molecule has 0 heterocycles. The number of carboxylic acids is 1. The van der Waals surface area contributed by atoms with Crippen LogP contribution >= 0.6 is 0 Å². The van der Waals surface area contributed by atoms with Gasteiger partial charge in [-0.25, -0.2) is 0 Å². The molecule has 0 radical (unpaired) electrons. The van der Waals surface area contributed by atoms with Crippen molar-refractivity contribution in [2.45, 2.75) is 150 Å². The maximum atomic E-state index is 12.2. The first-order valence-corrected chi connectivity index (χ1v) is 12.6. The zero-order chi connectivity index (χ0) is 21.3. The van der Waals surface area contributed by atoms with Gasteiger partial charge in [0.15, 0.2) is 0 Å². The van der Waals surface area contributed by atoms with Gasteiger partial charge >= 0.3 is 5.97 Å². The Labute approximate surface area is 177 Å². The van der Waals surface area contributed by atoms with Gasteiger partial charge in [-0.3, -0.25) is 4.79 Å². The lowest BCUT2D eigenvalue weighted by Crippen LogP contribution is -2.44. The van der Waals surface area contributed by atoms with E-state index in [4.69, 9.17) is 0 Å². The topological polar surface area (TPSA) is 37.3 Å². The van der Waals surface area contributed by atoms with E-state index in [1.165, 1.54) is 96.3 Å². The van der Waals surface area contributed by atoms with Crippen molar-refractivity contribution in [1.29, 1.82) is 0 Å². The lowest BCUT2D eigenvalue weighted by Gasteiger charge is -2.45. The van der Waals surface area contributed by atoms with Crippen molar-refractivity contribution >= 4 is 5.97 Å². The Bertz CT molecular complexity index is 375. The van der Waals surface area contributed by atoms with Crippen molar-refractivity contribution in [3.8, 4) is 0 Å². The predicted molar refractivity (Wildman–Crippen MR) is 124 cm³/mol. The van der Waals surface area contributed by atoms with Crippen LogP contribution in [0.15, 0.2) is 0 Å². The second-order valence-corrected chi connectivity index (χ2v) is 9.70. The van der Waals surface area contributed by atoms with Gasteiger partial charge in [-0.05, 0) is 38.5 Å². The molecule has 0 aromatic heterocycles. The molecular formula is C26H52O2. The van der Waals surface area contributed by atoms with E-state index < -0.39 is 11.4 Å². The molecule has 0 aliphatic heterocycles. The zero-order valence-corrected chi connectivity index (χ0v) is 20.1. The van der Waals surface area contributed by atoms with E-state index in [1.54, 1.807) is 0 Å². The highest BCUT2D eigenvalue weighted by atomic mass is 16.4. The zero-order valence-electron chi connectivity index (χ0n) is 20.1. The van der Waals surface area contributed by atoms with Gasteiger partial charge in [0.1, 0.15) is 0 Å². The molecule has 0 fully saturated rings. The first kappa shape index (κ1) is 27.5. The van der Waals surface area contributed by atoms with Gasteiger partial charge in [-0.15, -0.1) is 0 Å². The minimum absolute atomic E-state index is 0.0377. The Morgan fingerprint density at radius 1 is 0.571 bits per heavy atom. The number of hydrogen-bond acceptors (Lipinski definition) is 1. The van der Waals surface area contributed by atoms with E-state index in [0.29, 0.717) is 0 Å². The fraction of sp³-hybridized carbons (Fsp3) is 0.962. The van der Waals surface area contributed by atoms with Crippen LogP contribution in [0.4, 0.5) is 0 Å². The molecule has 1 unspecified atom stereocenters. The Morgan fingerprint density at radius 3 is 1.25 bits per heavy atom. The minimum Gasteiger partial charge on any atom is -0.481 e. The van der Waals surface area contributed by atoms with Crippen molar-refractivity contribution in [2.24, 2.45) is 10.8 Å². The van der Waals surface area contributed by atoms with E-state index in [0.717, 1.165) is 19.3 Å². The van der Waals surface area contributed by atoms with E-state index in [2.05, 4.69) is 20.8 Å². The van der Waals surface area contributed by atoms with E-state index in [1.807, 2.05) is 13.8 Å². The first-order chi connectivity index (χ1) is 13.4. The van der Waals surface area contributed by atoms with Gasteiger partial charge in [-0.2, -0.15) is 0 Å². The van der Waals surface area contributed by atoms with Crippen LogP contribution in [0.1, 0.15) is 150 Å². The van der Waals surface area contributed by atoms with Gasteiger partial charge in [0.2, 0.25) is 0 Å². The summed E-state index contributed by atoms with van der Waals surface area (Å²) in [7, 11) is 0. The molecule has 0 aliphatic carbocycles. The Hall–Kier alpha value is -0.530. The highest BCUT2D eigenvalue weighted by Crippen LogP contribution is 2.51. The SMILES string of the molecule is CCCCCCCCCCC(CCCCC)(CCCCCC)C(C)(C)C(=O)O. The Morgan fingerprint density at radius 2 is 0.857 bits per heavy atom. The van der Waals surface area contributed by atoms with Crippen LogP contribution in [0.25, 0.3) is 0 Å². The number of unbranched alkanes of at least 4 members (excludes halogenated alkanes) is 12. The normalized spacial score (nSPS) is 14.2. The third-order valence-corrected chi connectivity index (χ3v) is 7.14. The molecule has 2 heteroatoms. The van der Waals surface area contributed by atoms with Gasteiger partial charge in [0.05, 0.1) is 5.41 Å². The highest BCUT2D eigenvalue weighted by Gasteiger charge is 2.48. The fourth-order valence-electron chi connectivity index (χ4n) is 4.74. The molecule has 0 rings (SSSR count). The number of hydrogen-bond donors (Lipinski definition) is 1. The van der Waals surface area contributed by atoms with Crippen LogP contribution in [-0.2, 0) is 4.79 Å². The summed E-state index contributed by atoms with van der Waals surface area (Å²) in [4.78, 5) is 12.2. The summed E-state index contributed by atoms with van der Waals surface area (Å²) in [5.41, 5.74) is -0.669. The van der Waals surface area contributed by atoms with Crippen LogP contribution in [0.2, 0.25) is 0 Å². The quantitative estimate of drug-likeness (QED) is 0.208. The standard InChI is InChI=1S/C26H52O2/c1-6-9-12-14-15-16-17-20-23-26(21-18-11-8-3,22-19-13-10-7-2)25(4,5)24(27)28/h6-23H2,1-5H3,(H,27,28). The molecule has 1 atom stereocenters. The van der Waals surface area contributed by atoms with Crippen LogP contribution in [-0.4, -0.2) is 11.1 Å². The molecule has 2 nitrogen and oxygen atoms in total. The van der Waals surface area contributed by atoms with Gasteiger partial charge in [0, 0.05) is 0 Å². The smallest absolute Gasteiger partial charge is 0.309 e. The van der Waals surface area contributed by atoms with Crippen molar-refractivity contribution in [3.63, 3.8) is 0 Å². The van der Waals surface area contributed by atoms with E-state index in [9.17, 15) is 9.90 Å². The molecule has 0 aliphatic rings. The third-order valence-electron chi connectivity index (χ3n) is 7.14. The van der Waals surface area contributed by atoms with Gasteiger partial charge < -0.3 is 5.11 Å². The Balaban J connectivity index is 4.90. The average Bonchev–Trinajstić information content (AvgIpc) is 2.66. The van der Waals surface area contributed by atoms with Crippen molar-refractivity contribution in [2.75, 3.05) is 0 Å². The second-order valence-electron chi connectivity index (χ2n) is 9.70. The maximum Gasteiger partial charge on any atom is 0.309 e. The molecule has 1 N–H and O–H groups in total. The van der Waals surface area contributed by atoms with Crippen LogP contribution in [0.5, 0.6) is 0 Å². The monoisotopic (exact) mass is 396 g/mol. The summed E-state index contributed by atoms with van der Waals surface area (Å²) in [6.07, 6.45) is 22.4. The van der Waals surface area contributed by atoms with Crippen molar-refractivity contribution < 1.29 is 9.90 Å². The fourth-order valence-corrected chi connectivity index (χ4v) is 4.74. The number of aliphatic carboxylic acids is 1. The second kappa shape index (κ2) is 16.3. The summed E-state index contributed by atoms with van der Waals surface area (Å²) in [5.74, 6) is -0.598. The summed E-state index contributed by atoms with van der Waals surface area (Å²) in [6, 6.07) is 0.